The number of carbonyl (C=O) groups is 3. The number of esters is 1. The number of ether oxygens (including phenoxy) is 1. The van der Waals surface area contributed by atoms with Gasteiger partial charge in [0.15, 0.2) is 11.6 Å². The number of Topliss-reactive ketones (excluding diaryl/α,β-unsaturated/α-hetero) is 2. The Morgan fingerprint density at radius 3 is 2.35 bits per heavy atom. The van der Waals surface area contributed by atoms with Crippen molar-refractivity contribution in [3.63, 3.8) is 0 Å². The summed E-state index contributed by atoms with van der Waals surface area (Å²) in [5.41, 5.74) is 1.33. The number of benzene rings is 1. The van der Waals surface area contributed by atoms with E-state index in [1.54, 1.807) is 31.2 Å². The molecule has 20 heavy (non-hydrogen) atoms. The van der Waals surface area contributed by atoms with Crippen LogP contribution in [0.2, 0.25) is 0 Å². The molecular formula is C15H14O4S. The largest absolute Gasteiger partial charge is 0.469 e. The van der Waals surface area contributed by atoms with E-state index < -0.39 is 0 Å². The van der Waals surface area contributed by atoms with Crippen LogP contribution in [0.15, 0.2) is 34.7 Å². The number of fused-ring (bicyclic) bond motifs is 1. The fourth-order valence-electron chi connectivity index (χ4n) is 1.99. The van der Waals surface area contributed by atoms with Gasteiger partial charge < -0.3 is 4.74 Å². The van der Waals surface area contributed by atoms with Crippen LogP contribution in [-0.4, -0.2) is 30.4 Å². The average Bonchev–Trinajstić information content (AvgIpc) is 2.48. The highest BCUT2D eigenvalue weighted by atomic mass is 32.2. The summed E-state index contributed by atoms with van der Waals surface area (Å²) in [6.07, 6.45) is 0.209. The van der Waals surface area contributed by atoms with Crippen molar-refractivity contribution in [2.75, 3.05) is 12.9 Å². The van der Waals surface area contributed by atoms with E-state index in [2.05, 4.69) is 4.74 Å². The highest BCUT2D eigenvalue weighted by Gasteiger charge is 2.29. The van der Waals surface area contributed by atoms with Gasteiger partial charge in [-0.2, -0.15) is 0 Å². The lowest BCUT2D eigenvalue weighted by atomic mass is 9.90. The third kappa shape index (κ3) is 2.67. The van der Waals surface area contributed by atoms with Gasteiger partial charge >= 0.3 is 5.97 Å². The first-order valence-corrected chi connectivity index (χ1v) is 7.13. The summed E-state index contributed by atoms with van der Waals surface area (Å²) < 4.78 is 4.55. The first-order chi connectivity index (χ1) is 9.56. The molecular weight excluding hydrogens is 276 g/mol. The molecule has 0 amide bonds. The Balaban J connectivity index is 2.21. The number of hydrogen-bond donors (Lipinski definition) is 0. The molecule has 104 valence electrons. The Labute approximate surface area is 121 Å². The summed E-state index contributed by atoms with van der Waals surface area (Å²) in [5, 5.41) is 0. The van der Waals surface area contributed by atoms with Crippen LogP contribution in [0.25, 0.3) is 0 Å². The van der Waals surface area contributed by atoms with Crippen molar-refractivity contribution < 1.29 is 19.1 Å². The van der Waals surface area contributed by atoms with Gasteiger partial charge in [-0.1, -0.05) is 24.3 Å². The molecule has 0 atom stereocenters. The van der Waals surface area contributed by atoms with E-state index >= 15 is 0 Å². The number of thioether (sulfide) groups is 1. The topological polar surface area (TPSA) is 60.4 Å². The van der Waals surface area contributed by atoms with E-state index in [1.165, 1.54) is 18.9 Å². The molecule has 2 rings (SSSR count). The number of ketones is 2. The van der Waals surface area contributed by atoms with Crippen LogP contribution in [0.4, 0.5) is 0 Å². The number of methoxy groups -OCH3 is 1. The minimum atomic E-state index is -0.328. The van der Waals surface area contributed by atoms with Gasteiger partial charge in [0, 0.05) is 22.5 Å². The molecule has 0 heterocycles. The first kappa shape index (κ1) is 14.5. The molecule has 0 aliphatic heterocycles. The van der Waals surface area contributed by atoms with Crippen LogP contribution in [0.1, 0.15) is 34.1 Å². The van der Waals surface area contributed by atoms with Gasteiger partial charge in [-0.05, 0) is 6.92 Å². The second-order valence-corrected chi connectivity index (χ2v) is 5.44. The fourth-order valence-corrected chi connectivity index (χ4v) is 3.01. The van der Waals surface area contributed by atoms with Crippen molar-refractivity contribution in [2.45, 2.75) is 13.3 Å². The molecule has 4 nitrogen and oxygen atoms in total. The van der Waals surface area contributed by atoms with E-state index in [9.17, 15) is 14.4 Å². The van der Waals surface area contributed by atoms with E-state index in [4.69, 9.17) is 0 Å². The maximum Gasteiger partial charge on any atom is 0.306 e. The van der Waals surface area contributed by atoms with Gasteiger partial charge in [0.25, 0.3) is 0 Å². The first-order valence-electron chi connectivity index (χ1n) is 6.15. The van der Waals surface area contributed by atoms with E-state index in [-0.39, 0.29) is 24.0 Å². The second kappa shape index (κ2) is 6.05. The Morgan fingerprint density at radius 1 is 1.15 bits per heavy atom. The molecule has 0 N–H and O–H groups in total. The van der Waals surface area contributed by atoms with Gasteiger partial charge in [-0.25, -0.2) is 0 Å². The minimum Gasteiger partial charge on any atom is -0.469 e. The zero-order valence-electron chi connectivity index (χ0n) is 11.3. The number of carbonyl (C=O) groups excluding carboxylic acids is 3. The maximum absolute atomic E-state index is 12.4. The molecule has 0 saturated carbocycles. The molecule has 5 heteroatoms. The molecule has 0 bridgehead atoms. The smallest absolute Gasteiger partial charge is 0.306 e. The van der Waals surface area contributed by atoms with Crippen molar-refractivity contribution in [1.29, 1.82) is 0 Å². The molecule has 1 aliphatic rings. The van der Waals surface area contributed by atoms with E-state index in [1.807, 2.05) is 0 Å². The Bertz CT molecular complexity index is 616. The standard InChI is InChI=1S/C15H14O4S/c1-9-13(17)10-5-3-4-6-11(10)14(18)15(9)20-8-7-12(16)19-2/h3-6H,7-8H2,1-2H3. The maximum atomic E-state index is 12.4. The Morgan fingerprint density at radius 2 is 1.75 bits per heavy atom. The summed E-state index contributed by atoms with van der Waals surface area (Å²) in [5.74, 6) is -0.181. The van der Waals surface area contributed by atoms with Crippen LogP contribution in [0, 0.1) is 0 Å². The summed E-state index contributed by atoms with van der Waals surface area (Å²) >= 11 is 1.23. The summed E-state index contributed by atoms with van der Waals surface area (Å²) in [6.45, 7) is 1.65. The van der Waals surface area contributed by atoms with Gasteiger partial charge in [0.1, 0.15) is 0 Å². The lowest BCUT2D eigenvalue weighted by Gasteiger charge is -2.18. The van der Waals surface area contributed by atoms with Crippen LogP contribution in [0.3, 0.4) is 0 Å². The highest BCUT2D eigenvalue weighted by Crippen LogP contribution is 2.32. The van der Waals surface area contributed by atoms with Crippen molar-refractivity contribution >= 4 is 29.3 Å². The van der Waals surface area contributed by atoms with Crippen molar-refractivity contribution in [1.82, 2.24) is 0 Å². The van der Waals surface area contributed by atoms with Crippen LogP contribution < -0.4 is 0 Å². The fraction of sp³-hybridized carbons (Fsp3) is 0.267. The van der Waals surface area contributed by atoms with Gasteiger partial charge in [-0.15, -0.1) is 11.8 Å². The third-order valence-electron chi connectivity index (χ3n) is 3.08. The average molecular weight is 290 g/mol. The second-order valence-electron chi connectivity index (χ2n) is 4.33. The summed E-state index contributed by atoms with van der Waals surface area (Å²) in [7, 11) is 1.32. The Hall–Kier alpha value is -1.88. The van der Waals surface area contributed by atoms with Crippen molar-refractivity contribution in [3.8, 4) is 0 Å². The molecule has 1 aromatic rings. The monoisotopic (exact) mass is 290 g/mol. The molecule has 1 aromatic carbocycles. The predicted octanol–water partition coefficient (Wildman–Crippen LogP) is 2.64. The van der Waals surface area contributed by atoms with Crippen molar-refractivity contribution in [3.05, 3.63) is 45.9 Å². The molecule has 0 radical (unpaired) electrons. The van der Waals surface area contributed by atoms with Gasteiger partial charge in [0.2, 0.25) is 0 Å². The normalized spacial score (nSPS) is 14.3. The molecule has 0 fully saturated rings. The van der Waals surface area contributed by atoms with E-state index in [0.717, 1.165) is 0 Å². The van der Waals surface area contributed by atoms with Crippen molar-refractivity contribution in [2.24, 2.45) is 0 Å². The third-order valence-corrected chi connectivity index (χ3v) is 4.27. The number of hydrogen-bond acceptors (Lipinski definition) is 5. The molecule has 1 aliphatic carbocycles. The van der Waals surface area contributed by atoms with Crippen LogP contribution in [-0.2, 0) is 9.53 Å². The quantitative estimate of drug-likeness (QED) is 0.798. The lowest BCUT2D eigenvalue weighted by molar-refractivity contribution is -0.140. The number of rotatable bonds is 4. The molecule has 0 spiro atoms. The van der Waals surface area contributed by atoms with Gasteiger partial charge in [0.05, 0.1) is 18.4 Å². The minimum absolute atomic E-state index is 0.124. The SMILES string of the molecule is COC(=O)CCSC1=C(C)C(=O)c2ccccc2C1=O. The summed E-state index contributed by atoms with van der Waals surface area (Å²) in [4.78, 5) is 36.1. The zero-order chi connectivity index (χ0) is 14.7. The number of allylic oxidation sites excluding steroid dienone is 2. The van der Waals surface area contributed by atoms with Gasteiger partial charge in [-0.3, -0.25) is 14.4 Å². The highest BCUT2D eigenvalue weighted by molar-refractivity contribution is 8.04. The summed E-state index contributed by atoms with van der Waals surface area (Å²) in [6, 6.07) is 6.80. The van der Waals surface area contributed by atoms with E-state index in [0.29, 0.717) is 27.4 Å². The lowest BCUT2D eigenvalue weighted by Crippen LogP contribution is -2.19. The zero-order valence-corrected chi connectivity index (χ0v) is 12.1. The molecule has 0 unspecified atom stereocenters. The predicted molar refractivity (Wildman–Crippen MR) is 76.9 cm³/mol. The molecule has 0 saturated heterocycles. The Kier molecular flexibility index (Phi) is 4.39. The molecule has 0 aromatic heterocycles. The van der Waals surface area contributed by atoms with Crippen LogP contribution >= 0.6 is 11.8 Å². The van der Waals surface area contributed by atoms with Crippen LogP contribution in [0.5, 0.6) is 0 Å².